The third kappa shape index (κ3) is 16.0. The molecular formula is C20H43O4P. The summed E-state index contributed by atoms with van der Waals surface area (Å²) in [5, 5.41) is 0. The van der Waals surface area contributed by atoms with Gasteiger partial charge in [-0.3, -0.25) is 4.52 Å². The van der Waals surface area contributed by atoms with Crippen LogP contribution < -0.4 is 0 Å². The van der Waals surface area contributed by atoms with E-state index in [9.17, 15) is 4.57 Å². The van der Waals surface area contributed by atoms with Gasteiger partial charge in [0.2, 0.25) is 0 Å². The van der Waals surface area contributed by atoms with Crippen molar-refractivity contribution in [2.45, 2.75) is 92.9 Å². The van der Waals surface area contributed by atoms with Crippen molar-refractivity contribution in [1.29, 1.82) is 0 Å². The largest absolute Gasteiger partial charge is 0.469 e. The molecule has 2 N–H and O–H groups in total. The summed E-state index contributed by atoms with van der Waals surface area (Å²) < 4.78 is 15.9. The lowest BCUT2D eigenvalue weighted by molar-refractivity contribution is 0.132. The summed E-state index contributed by atoms with van der Waals surface area (Å²) in [6.07, 6.45) is 9.39. The number of phosphoric acid groups is 1. The molecule has 0 saturated heterocycles. The Morgan fingerprint density at radius 1 is 0.760 bits per heavy atom. The topological polar surface area (TPSA) is 66.8 Å². The van der Waals surface area contributed by atoms with E-state index in [4.69, 9.17) is 14.3 Å². The van der Waals surface area contributed by atoms with Crippen molar-refractivity contribution in [3.63, 3.8) is 0 Å². The SMILES string of the molecule is CC(C)CCCC(C)CCC(COP(=O)(O)O)C(C)CCCC(C)C. The minimum absolute atomic E-state index is 0.172. The van der Waals surface area contributed by atoms with Crippen LogP contribution in [0.25, 0.3) is 0 Å². The number of hydrogen-bond acceptors (Lipinski definition) is 2. The lowest BCUT2D eigenvalue weighted by Crippen LogP contribution is -2.19. The van der Waals surface area contributed by atoms with E-state index in [1.807, 2.05) is 0 Å². The van der Waals surface area contributed by atoms with Crippen LogP contribution in [0.4, 0.5) is 0 Å². The van der Waals surface area contributed by atoms with Crippen LogP contribution in [0.2, 0.25) is 0 Å². The molecular weight excluding hydrogens is 335 g/mol. The first-order valence-corrected chi connectivity index (χ1v) is 11.7. The third-order valence-corrected chi connectivity index (χ3v) is 5.70. The van der Waals surface area contributed by atoms with E-state index in [-0.39, 0.29) is 12.5 Å². The highest BCUT2D eigenvalue weighted by Crippen LogP contribution is 2.38. The number of hydrogen-bond donors (Lipinski definition) is 2. The Hall–Kier alpha value is 0.110. The van der Waals surface area contributed by atoms with Gasteiger partial charge in [-0.05, 0) is 36.0 Å². The van der Waals surface area contributed by atoms with Crippen LogP contribution in [-0.2, 0) is 9.09 Å². The van der Waals surface area contributed by atoms with Gasteiger partial charge in [0.1, 0.15) is 0 Å². The van der Waals surface area contributed by atoms with Crippen LogP contribution in [0.15, 0.2) is 0 Å². The third-order valence-electron chi connectivity index (χ3n) is 5.21. The fourth-order valence-electron chi connectivity index (χ4n) is 3.33. The lowest BCUT2D eigenvalue weighted by Gasteiger charge is -2.26. The average molecular weight is 379 g/mol. The van der Waals surface area contributed by atoms with E-state index in [0.717, 1.165) is 25.2 Å². The van der Waals surface area contributed by atoms with Crippen LogP contribution in [0.1, 0.15) is 92.9 Å². The van der Waals surface area contributed by atoms with Gasteiger partial charge in [0, 0.05) is 0 Å². The van der Waals surface area contributed by atoms with E-state index in [1.165, 1.54) is 32.1 Å². The predicted molar refractivity (Wildman–Crippen MR) is 106 cm³/mol. The van der Waals surface area contributed by atoms with Gasteiger partial charge in [0.15, 0.2) is 0 Å². The summed E-state index contributed by atoms with van der Waals surface area (Å²) in [5.74, 6) is 2.80. The summed E-state index contributed by atoms with van der Waals surface area (Å²) in [6, 6.07) is 0. The summed E-state index contributed by atoms with van der Waals surface area (Å²) in [6.45, 7) is 13.7. The molecule has 0 aromatic heterocycles. The van der Waals surface area contributed by atoms with Gasteiger partial charge in [-0.1, -0.05) is 86.5 Å². The fraction of sp³-hybridized carbons (Fsp3) is 1.00. The second-order valence-electron chi connectivity index (χ2n) is 8.86. The maximum Gasteiger partial charge on any atom is 0.469 e. The lowest BCUT2D eigenvalue weighted by atomic mass is 9.83. The molecule has 0 aliphatic heterocycles. The minimum Gasteiger partial charge on any atom is -0.303 e. The van der Waals surface area contributed by atoms with Gasteiger partial charge in [-0.2, -0.15) is 0 Å². The minimum atomic E-state index is -4.38. The monoisotopic (exact) mass is 378 g/mol. The summed E-state index contributed by atoms with van der Waals surface area (Å²) in [4.78, 5) is 18.1. The molecule has 3 unspecified atom stereocenters. The van der Waals surface area contributed by atoms with Crippen molar-refractivity contribution in [2.24, 2.45) is 29.6 Å². The highest BCUT2D eigenvalue weighted by Gasteiger charge is 2.23. The zero-order valence-corrected chi connectivity index (χ0v) is 18.3. The molecule has 0 heterocycles. The quantitative estimate of drug-likeness (QED) is 0.323. The van der Waals surface area contributed by atoms with Crippen LogP contribution >= 0.6 is 7.82 Å². The van der Waals surface area contributed by atoms with E-state index in [1.54, 1.807) is 0 Å². The molecule has 0 rings (SSSR count). The van der Waals surface area contributed by atoms with Gasteiger partial charge in [0.25, 0.3) is 0 Å². The Morgan fingerprint density at radius 2 is 1.28 bits per heavy atom. The Balaban J connectivity index is 4.38. The molecule has 4 nitrogen and oxygen atoms in total. The Morgan fingerprint density at radius 3 is 1.76 bits per heavy atom. The molecule has 5 heteroatoms. The molecule has 0 aliphatic carbocycles. The highest BCUT2D eigenvalue weighted by atomic mass is 31.2. The van der Waals surface area contributed by atoms with Crippen molar-refractivity contribution in [3.05, 3.63) is 0 Å². The molecule has 25 heavy (non-hydrogen) atoms. The van der Waals surface area contributed by atoms with Crippen molar-refractivity contribution < 1.29 is 18.9 Å². The number of rotatable bonds is 15. The Bertz CT molecular complexity index is 365. The zero-order valence-electron chi connectivity index (χ0n) is 17.4. The van der Waals surface area contributed by atoms with Crippen LogP contribution in [0.5, 0.6) is 0 Å². The van der Waals surface area contributed by atoms with E-state index >= 15 is 0 Å². The first-order chi connectivity index (χ1) is 11.5. The van der Waals surface area contributed by atoms with E-state index < -0.39 is 7.82 Å². The molecule has 0 spiro atoms. The summed E-state index contributed by atoms with van der Waals surface area (Å²) >= 11 is 0. The molecule has 0 amide bonds. The maximum absolute atomic E-state index is 11.1. The first kappa shape index (κ1) is 25.1. The molecule has 0 fully saturated rings. The van der Waals surface area contributed by atoms with Gasteiger partial charge in [-0.15, -0.1) is 0 Å². The van der Waals surface area contributed by atoms with E-state index in [2.05, 4.69) is 41.5 Å². The van der Waals surface area contributed by atoms with Crippen molar-refractivity contribution in [2.75, 3.05) is 6.61 Å². The first-order valence-electron chi connectivity index (χ1n) is 10.2. The standard InChI is InChI=1S/C20H43O4P/c1-16(2)9-7-11-18(5)13-14-20(15-24-25(21,22)23)19(6)12-8-10-17(3)4/h16-20H,7-15H2,1-6H3,(H2,21,22,23). The molecule has 0 bridgehead atoms. The van der Waals surface area contributed by atoms with Gasteiger partial charge < -0.3 is 9.79 Å². The Kier molecular flexibility index (Phi) is 13.4. The van der Waals surface area contributed by atoms with Gasteiger partial charge >= 0.3 is 7.82 Å². The van der Waals surface area contributed by atoms with Crippen molar-refractivity contribution >= 4 is 7.82 Å². The molecule has 0 aromatic rings. The second-order valence-corrected chi connectivity index (χ2v) is 10.1. The smallest absolute Gasteiger partial charge is 0.303 e. The average Bonchev–Trinajstić information content (AvgIpc) is 2.45. The fourth-order valence-corrected chi connectivity index (χ4v) is 3.71. The van der Waals surface area contributed by atoms with Crippen LogP contribution in [0, 0.1) is 29.6 Å². The zero-order chi connectivity index (χ0) is 19.5. The highest BCUT2D eigenvalue weighted by molar-refractivity contribution is 7.46. The molecule has 3 atom stereocenters. The molecule has 152 valence electrons. The Labute approximate surface area is 156 Å². The van der Waals surface area contributed by atoms with E-state index in [0.29, 0.717) is 17.8 Å². The summed E-state index contributed by atoms with van der Waals surface area (Å²) in [7, 11) is -4.38. The normalized spacial score (nSPS) is 16.4. The number of phosphoric ester groups is 1. The maximum atomic E-state index is 11.1. The van der Waals surface area contributed by atoms with Gasteiger partial charge in [-0.25, -0.2) is 4.57 Å². The summed E-state index contributed by atoms with van der Waals surface area (Å²) in [5.41, 5.74) is 0. The molecule has 0 saturated carbocycles. The molecule has 0 radical (unpaired) electrons. The van der Waals surface area contributed by atoms with Crippen LogP contribution in [-0.4, -0.2) is 16.4 Å². The van der Waals surface area contributed by atoms with Crippen molar-refractivity contribution in [3.8, 4) is 0 Å². The van der Waals surface area contributed by atoms with Gasteiger partial charge in [0.05, 0.1) is 6.61 Å². The van der Waals surface area contributed by atoms with Crippen LogP contribution in [0.3, 0.4) is 0 Å². The second kappa shape index (κ2) is 13.3. The van der Waals surface area contributed by atoms with Crippen molar-refractivity contribution in [1.82, 2.24) is 0 Å². The molecule has 0 aliphatic rings. The predicted octanol–water partition coefficient (Wildman–Crippen LogP) is 6.42. The molecule has 0 aromatic carbocycles.